The fourth-order valence-corrected chi connectivity index (χ4v) is 1.98. The maximum atomic E-state index is 12.4. The van der Waals surface area contributed by atoms with Crippen LogP contribution in [0, 0.1) is 0 Å². The summed E-state index contributed by atoms with van der Waals surface area (Å²) in [4.78, 5) is 0. The number of nitrogens with zero attached hydrogens (tertiary/aromatic N) is 2. The lowest BCUT2D eigenvalue weighted by Gasteiger charge is -2.14. The van der Waals surface area contributed by atoms with E-state index in [4.69, 9.17) is 0 Å². The van der Waals surface area contributed by atoms with Gasteiger partial charge in [-0.05, 0) is 15.9 Å². The summed E-state index contributed by atoms with van der Waals surface area (Å²) in [6.45, 7) is 2.03. The highest BCUT2D eigenvalue weighted by Gasteiger charge is 2.23. The largest absolute Gasteiger partial charge is 0.309 e. The van der Waals surface area contributed by atoms with Gasteiger partial charge in [-0.2, -0.15) is 5.10 Å². The molecule has 1 N–H and O–H groups in total. The predicted molar refractivity (Wildman–Crippen MR) is 61.1 cm³/mol. The number of alkyl halides is 2. The third kappa shape index (κ3) is 2.81. The van der Waals surface area contributed by atoms with Crippen molar-refractivity contribution >= 4 is 40.7 Å². The standard InChI is InChI=1S/C7H8BrF2N3.2ClH/c8-5-4-3-11-1-2-13(4)12-6(5)7(9)10;;/h7,11H,1-3H2;2*1H. The molecule has 1 aliphatic heterocycles. The van der Waals surface area contributed by atoms with Gasteiger partial charge < -0.3 is 5.32 Å². The maximum absolute atomic E-state index is 12.4. The second kappa shape index (κ2) is 5.98. The van der Waals surface area contributed by atoms with Crippen LogP contribution in [0.1, 0.15) is 17.8 Å². The van der Waals surface area contributed by atoms with Crippen molar-refractivity contribution in [1.82, 2.24) is 15.1 Å². The van der Waals surface area contributed by atoms with Gasteiger partial charge in [0.25, 0.3) is 6.43 Å². The zero-order valence-electron chi connectivity index (χ0n) is 7.54. The average Bonchev–Trinajstić information content (AvgIpc) is 2.45. The van der Waals surface area contributed by atoms with Crippen LogP contribution < -0.4 is 5.32 Å². The predicted octanol–water partition coefficient (Wildman–Crippen LogP) is 2.53. The van der Waals surface area contributed by atoms with Crippen molar-refractivity contribution in [3.8, 4) is 0 Å². The van der Waals surface area contributed by atoms with Crippen molar-refractivity contribution in [2.75, 3.05) is 6.54 Å². The van der Waals surface area contributed by atoms with Crippen LogP contribution in [0.5, 0.6) is 0 Å². The fourth-order valence-electron chi connectivity index (χ4n) is 1.38. The van der Waals surface area contributed by atoms with E-state index in [1.54, 1.807) is 4.68 Å². The van der Waals surface area contributed by atoms with Gasteiger partial charge in [-0.25, -0.2) is 8.78 Å². The molecule has 0 bridgehead atoms. The van der Waals surface area contributed by atoms with Gasteiger partial charge in [0.05, 0.1) is 16.7 Å². The molecule has 3 nitrogen and oxygen atoms in total. The van der Waals surface area contributed by atoms with Crippen molar-refractivity contribution in [3.05, 3.63) is 15.9 Å². The Balaban J connectivity index is 0.000000980. The van der Waals surface area contributed by atoms with E-state index in [0.717, 1.165) is 12.2 Å². The molecule has 2 heterocycles. The lowest BCUT2D eigenvalue weighted by atomic mass is 10.3. The minimum atomic E-state index is -2.51. The molecule has 0 unspecified atom stereocenters. The summed E-state index contributed by atoms with van der Waals surface area (Å²) in [5, 5.41) is 6.93. The Labute approximate surface area is 107 Å². The smallest absolute Gasteiger partial charge is 0.283 e. The summed E-state index contributed by atoms with van der Waals surface area (Å²) in [6.07, 6.45) is -2.51. The van der Waals surface area contributed by atoms with Gasteiger partial charge in [0.2, 0.25) is 0 Å². The molecule has 1 aromatic rings. The Morgan fingerprint density at radius 2 is 2.07 bits per heavy atom. The van der Waals surface area contributed by atoms with Crippen LogP contribution in [-0.2, 0) is 13.1 Å². The molecule has 0 fully saturated rings. The van der Waals surface area contributed by atoms with E-state index in [1.807, 2.05) is 0 Å². The molecule has 15 heavy (non-hydrogen) atoms. The van der Waals surface area contributed by atoms with Crippen molar-refractivity contribution in [3.63, 3.8) is 0 Å². The highest BCUT2D eigenvalue weighted by atomic mass is 79.9. The Bertz CT molecular complexity index is 332. The first-order valence-corrected chi connectivity index (χ1v) is 4.73. The minimum absolute atomic E-state index is 0. The third-order valence-corrected chi connectivity index (χ3v) is 2.88. The normalized spacial score (nSPS) is 14.1. The zero-order chi connectivity index (χ0) is 9.42. The molecule has 1 aromatic heterocycles. The van der Waals surface area contributed by atoms with Gasteiger partial charge in [-0.15, -0.1) is 24.8 Å². The van der Waals surface area contributed by atoms with Crippen LogP contribution in [0.3, 0.4) is 0 Å². The van der Waals surface area contributed by atoms with E-state index in [0.29, 0.717) is 17.6 Å². The van der Waals surface area contributed by atoms with Crippen LogP contribution in [0.4, 0.5) is 8.78 Å². The van der Waals surface area contributed by atoms with Crippen LogP contribution in [0.25, 0.3) is 0 Å². The van der Waals surface area contributed by atoms with E-state index in [1.165, 1.54) is 0 Å². The highest BCUT2D eigenvalue weighted by molar-refractivity contribution is 9.10. The van der Waals surface area contributed by atoms with Gasteiger partial charge in [0.1, 0.15) is 5.69 Å². The van der Waals surface area contributed by atoms with Crippen LogP contribution in [0.2, 0.25) is 0 Å². The number of halogens is 5. The summed E-state index contributed by atoms with van der Waals surface area (Å²) in [7, 11) is 0. The van der Waals surface area contributed by atoms with Crippen LogP contribution >= 0.6 is 40.7 Å². The fraction of sp³-hybridized carbons (Fsp3) is 0.571. The van der Waals surface area contributed by atoms with E-state index in [-0.39, 0.29) is 30.5 Å². The third-order valence-electron chi connectivity index (χ3n) is 2.02. The molecule has 0 saturated heterocycles. The maximum Gasteiger partial charge on any atom is 0.283 e. The Hall–Kier alpha value is 0.0900. The average molecular weight is 325 g/mol. The molecule has 0 amide bonds. The van der Waals surface area contributed by atoms with Crippen LogP contribution in [-0.4, -0.2) is 16.3 Å². The quantitative estimate of drug-likeness (QED) is 0.860. The molecule has 1 aliphatic rings. The van der Waals surface area contributed by atoms with Crippen molar-refractivity contribution in [1.29, 1.82) is 0 Å². The van der Waals surface area contributed by atoms with E-state index in [9.17, 15) is 8.78 Å². The summed E-state index contributed by atoms with van der Waals surface area (Å²) in [5.74, 6) is 0. The molecular formula is C7H10BrCl2F2N3. The number of rotatable bonds is 1. The molecule has 0 spiro atoms. The molecular weight excluding hydrogens is 315 g/mol. The highest BCUT2D eigenvalue weighted by Crippen LogP contribution is 2.30. The molecule has 0 aliphatic carbocycles. The number of nitrogens with one attached hydrogen (secondary N) is 1. The number of hydrogen-bond donors (Lipinski definition) is 1. The van der Waals surface area contributed by atoms with Gasteiger partial charge in [-0.3, -0.25) is 4.68 Å². The SMILES string of the molecule is Cl.Cl.FC(F)c1nn2c(c1Br)CNCC2. The summed E-state index contributed by atoms with van der Waals surface area (Å²) in [5.41, 5.74) is 0.653. The lowest BCUT2D eigenvalue weighted by Crippen LogP contribution is -2.28. The van der Waals surface area contributed by atoms with Gasteiger partial charge in [-0.1, -0.05) is 0 Å². The molecule has 0 radical (unpaired) electrons. The number of fused-ring (bicyclic) bond motifs is 1. The van der Waals surface area contributed by atoms with Crippen LogP contribution in [0.15, 0.2) is 4.47 Å². The van der Waals surface area contributed by atoms with Gasteiger partial charge >= 0.3 is 0 Å². The first-order chi connectivity index (χ1) is 6.20. The summed E-state index contributed by atoms with van der Waals surface area (Å²) in [6, 6.07) is 0. The first kappa shape index (κ1) is 15.1. The van der Waals surface area contributed by atoms with Crippen molar-refractivity contribution < 1.29 is 8.78 Å². The Kier molecular flexibility index (Phi) is 6.02. The van der Waals surface area contributed by atoms with Crippen molar-refractivity contribution in [2.24, 2.45) is 0 Å². The topological polar surface area (TPSA) is 29.9 Å². The van der Waals surface area contributed by atoms with Crippen molar-refractivity contribution in [2.45, 2.75) is 19.5 Å². The monoisotopic (exact) mass is 323 g/mol. The molecule has 0 aromatic carbocycles. The molecule has 88 valence electrons. The molecule has 0 saturated carbocycles. The molecule has 2 rings (SSSR count). The molecule has 0 atom stereocenters. The second-order valence-corrected chi connectivity index (χ2v) is 3.64. The van der Waals surface area contributed by atoms with E-state index >= 15 is 0 Å². The van der Waals surface area contributed by atoms with Gasteiger partial charge in [0.15, 0.2) is 0 Å². The summed E-state index contributed by atoms with van der Waals surface area (Å²) < 4.78 is 26.8. The first-order valence-electron chi connectivity index (χ1n) is 3.94. The molecule has 8 heteroatoms. The van der Waals surface area contributed by atoms with E-state index < -0.39 is 6.43 Å². The summed E-state index contributed by atoms with van der Waals surface area (Å²) >= 11 is 3.13. The minimum Gasteiger partial charge on any atom is -0.309 e. The lowest BCUT2D eigenvalue weighted by molar-refractivity contribution is 0.144. The van der Waals surface area contributed by atoms with Gasteiger partial charge in [0, 0.05) is 13.1 Å². The second-order valence-electron chi connectivity index (χ2n) is 2.85. The number of aromatic nitrogens is 2. The number of hydrogen-bond acceptors (Lipinski definition) is 2. The zero-order valence-corrected chi connectivity index (χ0v) is 10.8. The Morgan fingerprint density at radius 3 is 2.60 bits per heavy atom. The van der Waals surface area contributed by atoms with E-state index in [2.05, 4.69) is 26.3 Å². The Morgan fingerprint density at radius 1 is 1.40 bits per heavy atom.